The van der Waals surface area contributed by atoms with Crippen molar-refractivity contribution >= 4 is 21.9 Å². The fraction of sp³-hybridized carbons (Fsp3) is 0.300. The fourth-order valence-electron chi connectivity index (χ4n) is 1.17. The van der Waals surface area contributed by atoms with Gasteiger partial charge < -0.3 is 10.5 Å². The number of hydrogen-bond donors (Lipinski definition) is 1. The van der Waals surface area contributed by atoms with Crippen molar-refractivity contribution in [2.45, 2.75) is 6.42 Å². The van der Waals surface area contributed by atoms with E-state index in [9.17, 15) is 4.79 Å². The van der Waals surface area contributed by atoms with Gasteiger partial charge in [-0.05, 0) is 36.7 Å². The van der Waals surface area contributed by atoms with Gasteiger partial charge in [0.15, 0.2) is 0 Å². The summed E-state index contributed by atoms with van der Waals surface area (Å²) < 4.78 is 5.59. The molecule has 0 fully saturated rings. The zero-order valence-corrected chi connectivity index (χ0v) is 9.50. The van der Waals surface area contributed by atoms with Crippen molar-refractivity contribution in [1.29, 1.82) is 0 Å². The zero-order valence-electron chi connectivity index (χ0n) is 7.92. The fourth-order valence-corrected chi connectivity index (χ4v) is 1.61. The molecule has 1 aromatic rings. The normalized spacial score (nSPS) is 9.93. The summed E-state index contributed by atoms with van der Waals surface area (Å²) in [6, 6.07) is 5.34. The Morgan fingerprint density at radius 1 is 1.57 bits per heavy atom. The molecular weight excluding hydrogens is 246 g/mol. The van der Waals surface area contributed by atoms with Crippen LogP contribution in [-0.4, -0.2) is 19.6 Å². The number of ether oxygens (including phenoxy) is 1. The van der Waals surface area contributed by atoms with Crippen molar-refractivity contribution in [3.05, 3.63) is 33.8 Å². The number of rotatable bonds is 3. The van der Waals surface area contributed by atoms with Gasteiger partial charge in [0.05, 0.1) is 12.7 Å². The third-order valence-electron chi connectivity index (χ3n) is 1.88. The summed E-state index contributed by atoms with van der Waals surface area (Å²) in [5.74, 6) is -0.323. The molecule has 1 aromatic carbocycles. The van der Waals surface area contributed by atoms with Crippen LogP contribution in [0.5, 0.6) is 0 Å². The number of hydrogen-bond acceptors (Lipinski definition) is 3. The topological polar surface area (TPSA) is 52.3 Å². The molecule has 0 heterocycles. The van der Waals surface area contributed by atoms with E-state index in [1.165, 1.54) is 7.11 Å². The summed E-state index contributed by atoms with van der Waals surface area (Å²) in [6.45, 7) is 0.559. The Bertz CT molecular complexity index is 339. The molecule has 0 unspecified atom stereocenters. The van der Waals surface area contributed by atoms with Gasteiger partial charge in [-0.15, -0.1) is 0 Å². The lowest BCUT2D eigenvalue weighted by atomic mass is 10.1. The average molecular weight is 258 g/mol. The quantitative estimate of drug-likeness (QED) is 0.840. The Morgan fingerprint density at radius 2 is 2.29 bits per heavy atom. The van der Waals surface area contributed by atoms with Crippen LogP contribution in [0.4, 0.5) is 0 Å². The maximum atomic E-state index is 11.2. The van der Waals surface area contributed by atoms with Crippen LogP contribution in [0.1, 0.15) is 15.9 Å². The van der Waals surface area contributed by atoms with Gasteiger partial charge in [0.2, 0.25) is 0 Å². The molecule has 0 radical (unpaired) electrons. The minimum Gasteiger partial charge on any atom is -0.465 e. The Balaban J connectivity index is 2.99. The number of halogens is 1. The van der Waals surface area contributed by atoms with Crippen LogP contribution in [0.3, 0.4) is 0 Å². The van der Waals surface area contributed by atoms with Crippen LogP contribution in [-0.2, 0) is 11.2 Å². The minimum atomic E-state index is -0.323. The van der Waals surface area contributed by atoms with E-state index in [-0.39, 0.29) is 5.97 Å². The van der Waals surface area contributed by atoms with Gasteiger partial charge in [-0.1, -0.05) is 15.9 Å². The molecular formula is C10H12BrNO2. The molecule has 2 N–H and O–H groups in total. The van der Waals surface area contributed by atoms with Gasteiger partial charge in [0.25, 0.3) is 0 Å². The van der Waals surface area contributed by atoms with Crippen molar-refractivity contribution in [3.63, 3.8) is 0 Å². The molecule has 0 aliphatic rings. The highest BCUT2D eigenvalue weighted by Crippen LogP contribution is 2.19. The Hall–Kier alpha value is -0.870. The molecule has 76 valence electrons. The van der Waals surface area contributed by atoms with E-state index in [0.29, 0.717) is 12.1 Å². The third kappa shape index (κ3) is 2.56. The molecule has 4 heteroatoms. The summed E-state index contributed by atoms with van der Waals surface area (Å²) in [4.78, 5) is 11.2. The molecule has 0 spiro atoms. The third-order valence-corrected chi connectivity index (χ3v) is 2.65. The molecule has 0 aliphatic carbocycles. The van der Waals surface area contributed by atoms with Crippen molar-refractivity contribution in [1.82, 2.24) is 0 Å². The number of carbonyl (C=O) groups is 1. The Morgan fingerprint density at radius 3 is 2.86 bits per heavy atom. The lowest BCUT2D eigenvalue weighted by Crippen LogP contribution is -2.06. The average Bonchev–Trinajstić information content (AvgIpc) is 2.20. The molecule has 1 rings (SSSR count). The van der Waals surface area contributed by atoms with Gasteiger partial charge in [-0.2, -0.15) is 0 Å². The van der Waals surface area contributed by atoms with E-state index < -0.39 is 0 Å². The van der Waals surface area contributed by atoms with Crippen LogP contribution in [0, 0.1) is 0 Å². The molecule has 0 saturated heterocycles. The van der Waals surface area contributed by atoms with E-state index in [1.54, 1.807) is 12.1 Å². The minimum absolute atomic E-state index is 0.323. The SMILES string of the molecule is COC(=O)c1ccc(Br)c(CCN)c1. The Labute approximate surface area is 91.4 Å². The largest absolute Gasteiger partial charge is 0.465 e. The van der Waals surface area contributed by atoms with Crippen molar-refractivity contribution in [2.24, 2.45) is 5.73 Å². The second-order valence-electron chi connectivity index (χ2n) is 2.84. The molecule has 0 aliphatic heterocycles. The second kappa shape index (κ2) is 5.12. The van der Waals surface area contributed by atoms with Crippen molar-refractivity contribution in [2.75, 3.05) is 13.7 Å². The van der Waals surface area contributed by atoms with Gasteiger partial charge in [-0.25, -0.2) is 4.79 Å². The van der Waals surface area contributed by atoms with Gasteiger partial charge >= 0.3 is 5.97 Å². The predicted molar refractivity (Wildman–Crippen MR) is 58.2 cm³/mol. The summed E-state index contributed by atoms with van der Waals surface area (Å²) in [7, 11) is 1.37. The summed E-state index contributed by atoms with van der Waals surface area (Å²) in [5, 5.41) is 0. The maximum Gasteiger partial charge on any atom is 0.337 e. The first kappa shape index (κ1) is 11.2. The predicted octanol–water partition coefficient (Wildman–Crippen LogP) is 1.74. The van der Waals surface area contributed by atoms with E-state index >= 15 is 0 Å². The first-order valence-electron chi connectivity index (χ1n) is 4.26. The van der Waals surface area contributed by atoms with Gasteiger partial charge in [-0.3, -0.25) is 0 Å². The van der Waals surface area contributed by atoms with Crippen LogP contribution in [0.2, 0.25) is 0 Å². The first-order valence-corrected chi connectivity index (χ1v) is 5.05. The zero-order chi connectivity index (χ0) is 10.6. The molecule has 0 amide bonds. The van der Waals surface area contributed by atoms with E-state index in [1.807, 2.05) is 6.07 Å². The lowest BCUT2D eigenvalue weighted by Gasteiger charge is -2.05. The summed E-state index contributed by atoms with van der Waals surface area (Å²) in [5.41, 5.74) is 7.03. The lowest BCUT2D eigenvalue weighted by molar-refractivity contribution is 0.0600. The molecule has 0 bridgehead atoms. The van der Waals surface area contributed by atoms with Crippen LogP contribution in [0.15, 0.2) is 22.7 Å². The van der Waals surface area contributed by atoms with Crippen molar-refractivity contribution in [3.8, 4) is 0 Å². The second-order valence-corrected chi connectivity index (χ2v) is 3.69. The number of benzene rings is 1. The number of esters is 1. The molecule has 3 nitrogen and oxygen atoms in total. The van der Waals surface area contributed by atoms with Gasteiger partial charge in [0, 0.05) is 4.47 Å². The summed E-state index contributed by atoms with van der Waals surface area (Å²) >= 11 is 3.39. The maximum absolute atomic E-state index is 11.2. The monoisotopic (exact) mass is 257 g/mol. The first-order chi connectivity index (χ1) is 6.69. The number of nitrogens with two attached hydrogens (primary N) is 1. The molecule has 0 atom stereocenters. The highest BCUT2D eigenvalue weighted by molar-refractivity contribution is 9.10. The summed E-state index contributed by atoms with van der Waals surface area (Å²) in [6.07, 6.45) is 0.741. The van der Waals surface area contributed by atoms with Crippen LogP contribution in [0.25, 0.3) is 0 Å². The van der Waals surface area contributed by atoms with Crippen LogP contribution < -0.4 is 5.73 Å². The molecule has 0 aromatic heterocycles. The van der Waals surface area contributed by atoms with E-state index in [2.05, 4.69) is 20.7 Å². The van der Waals surface area contributed by atoms with Crippen molar-refractivity contribution < 1.29 is 9.53 Å². The molecule has 0 saturated carbocycles. The highest BCUT2D eigenvalue weighted by atomic mass is 79.9. The Kier molecular flexibility index (Phi) is 4.10. The number of methoxy groups -OCH3 is 1. The molecule has 14 heavy (non-hydrogen) atoms. The van der Waals surface area contributed by atoms with Crippen LogP contribution >= 0.6 is 15.9 Å². The standard InChI is InChI=1S/C10H12BrNO2/c1-14-10(13)8-2-3-9(11)7(6-8)4-5-12/h2-3,6H,4-5,12H2,1H3. The smallest absolute Gasteiger partial charge is 0.337 e. The highest BCUT2D eigenvalue weighted by Gasteiger charge is 2.07. The van der Waals surface area contributed by atoms with E-state index in [0.717, 1.165) is 16.5 Å². The number of carbonyl (C=O) groups excluding carboxylic acids is 1. The van der Waals surface area contributed by atoms with Gasteiger partial charge in [0.1, 0.15) is 0 Å². The van der Waals surface area contributed by atoms with E-state index in [4.69, 9.17) is 5.73 Å².